The first-order valence-corrected chi connectivity index (χ1v) is 6.78. The number of pyridine rings is 1. The molecular formula is C15H21NO2. The summed E-state index contributed by atoms with van der Waals surface area (Å²) in [5, 5.41) is 0. The van der Waals surface area contributed by atoms with Crippen LogP contribution in [0.2, 0.25) is 0 Å². The lowest BCUT2D eigenvalue weighted by atomic mass is 9.71. The molecule has 0 aromatic carbocycles. The largest absolute Gasteiger partial charge is 0.492 e. The van der Waals surface area contributed by atoms with Crippen molar-refractivity contribution in [3.63, 3.8) is 0 Å². The first-order chi connectivity index (χ1) is 8.65. The Balaban J connectivity index is 2.19. The van der Waals surface area contributed by atoms with Crippen LogP contribution in [0.3, 0.4) is 0 Å². The Morgan fingerprint density at radius 3 is 2.72 bits per heavy atom. The van der Waals surface area contributed by atoms with E-state index < -0.39 is 0 Å². The molecule has 0 N–H and O–H groups in total. The monoisotopic (exact) mass is 247 g/mol. The van der Waals surface area contributed by atoms with Crippen molar-refractivity contribution in [1.82, 2.24) is 4.98 Å². The van der Waals surface area contributed by atoms with Crippen molar-refractivity contribution in [1.29, 1.82) is 0 Å². The molecular weight excluding hydrogens is 226 g/mol. The van der Waals surface area contributed by atoms with E-state index in [1.54, 1.807) is 12.4 Å². The van der Waals surface area contributed by atoms with Crippen LogP contribution in [-0.4, -0.2) is 17.4 Å². The minimum atomic E-state index is -0.204. The van der Waals surface area contributed by atoms with Crippen LogP contribution in [-0.2, 0) is 0 Å². The van der Waals surface area contributed by atoms with Gasteiger partial charge in [-0.3, -0.25) is 9.78 Å². The Hall–Kier alpha value is -1.38. The summed E-state index contributed by atoms with van der Waals surface area (Å²) in [5.41, 5.74) is 0.482. The lowest BCUT2D eigenvalue weighted by Gasteiger charge is -2.31. The van der Waals surface area contributed by atoms with Gasteiger partial charge in [0.2, 0.25) is 0 Å². The van der Waals surface area contributed by atoms with Gasteiger partial charge in [-0.1, -0.05) is 26.2 Å². The average molecular weight is 247 g/mol. The number of hydrogen-bond donors (Lipinski definition) is 0. The highest BCUT2D eigenvalue weighted by molar-refractivity contribution is 6.00. The Bertz CT molecular complexity index is 422. The van der Waals surface area contributed by atoms with Gasteiger partial charge in [-0.15, -0.1) is 0 Å². The van der Waals surface area contributed by atoms with Crippen molar-refractivity contribution >= 4 is 5.78 Å². The van der Waals surface area contributed by atoms with Crippen molar-refractivity contribution in [2.24, 2.45) is 5.41 Å². The molecule has 1 fully saturated rings. The van der Waals surface area contributed by atoms with Gasteiger partial charge in [0.15, 0.2) is 5.78 Å². The molecule has 1 saturated carbocycles. The number of ketones is 1. The lowest BCUT2D eigenvalue weighted by molar-refractivity contribution is 0.0748. The number of ether oxygens (including phenoxy) is 1. The first-order valence-electron chi connectivity index (χ1n) is 6.78. The van der Waals surface area contributed by atoms with E-state index in [4.69, 9.17) is 4.74 Å². The zero-order valence-corrected chi connectivity index (χ0v) is 11.2. The molecule has 0 saturated heterocycles. The molecule has 0 spiro atoms. The predicted octanol–water partition coefficient (Wildman–Crippen LogP) is 3.63. The van der Waals surface area contributed by atoms with Gasteiger partial charge >= 0.3 is 0 Å². The van der Waals surface area contributed by atoms with Gasteiger partial charge < -0.3 is 4.74 Å². The predicted molar refractivity (Wildman–Crippen MR) is 70.9 cm³/mol. The molecule has 0 unspecified atom stereocenters. The molecule has 1 aliphatic carbocycles. The van der Waals surface area contributed by atoms with Gasteiger partial charge in [0.25, 0.3) is 0 Å². The Kier molecular flexibility index (Phi) is 4.00. The summed E-state index contributed by atoms with van der Waals surface area (Å²) < 4.78 is 5.40. The zero-order chi connectivity index (χ0) is 13.0. The van der Waals surface area contributed by atoms with Crippen LogP contribution in [0.25, 0.3) is 0 Å². The highest BCUT2D eigenvalue weighted by atomic mass is 16.5. The second-order valence-corrected chi connectivity index (χ2v) is 5.29. The van der Waals surface area contributed by atoms with E-state index in [-0.39, 0.29) is 11.2 Å². The molecule has 1 aliphatic rings. The topological polar surface area (TPSA) is 39.2 Å². The minimum absolute atomic E-state index is 0.204. The van der Waals surface area contributed by atoms with Gasteiger partial charge in [0.1, 0.15) is 5.75 Å². The fourth-order valence-electron chi connectivity index (χ4n) is 2.70. The summed E-state index contributed by atoms with van der Waals surface area (Å²) in [6, 6.07) is 1.82. The molecule has 18 heavy (non-hydrogen) atoms. The Morgan fingerprint density at radius 2 is 2.06 bits per heavy atom. The summed E-state index contributed by atoms with van der Waals surface area (Å²) in [6.45, 7) is 4.61. The number of Topliss-reactive ketones (excluding diaryl/α,β-unsaturated/α-hetero) is 1. The number of nitrogens with zero attached hydrogens (tertiary/aromatic N) is 1. The normalized spacial score (nSPS) is 18.3. The number of hydrogen-bond acceptors (Lipinski definition) is 3. The molecule has 1 heterocycles. The standard InChI is InChI=1S/C15H21NO2/c1-3-18-13-9-12(10-16-11-13)14(17)15(2)7-5-4-6-8-15/h9-11H,3-8H2,1-2H3. The van der Waals surface area contributed by atoms with Gasteiger partial charge in [-0.25, -0.2) is 0 Å². The maximum absolute atomic E-state index is 12.6. The van der Waals surface area contributed by atoms with Gasteiger partial charge in [-0.2, -0.15) is 0 Å². The SMILES string of the molecule is CCOc1cncc(C(=O)C2(C)CCCCC2)c1. The fraction of sp³-hybridized carbons (Fsp3) is 0.600. The van der Waals surface area contributed by atoms with Gasteiger partial charge in [0, 0.05) is 17.2 Å². The molecule has 0 amide bonds. The van der Waals surface area contributed by atoms with Crippen molar-refractivity contribution in [3.05, 3.63) is 24.0 Å². The molecule has 3 nitrogen and oxygen atoms in total. The zero-order valence-electron chi connectivity index (χ0n) is 11.2. The lowest BCUT2D eigenvalue weighted by Crippen LogP contribution is -2.30. The number of rotatable bonds is 4. The summed E-state index contributed by atoms with van der Waals surface area (Å²) in [5.74, 6) is 0.902. The van der Waals surface area contributed by atoms with Crippen LogP contribution < -0.4 is 4.74 Å². The summed E-state index contributed by atoms with van der Waals surface area (Å²) in [6.07, 6.45) is 8.85. The highest BCUT2D eigenvalue weighted by Crippen LogP contribution is 2.38. The fourth-order valence-corrected chi connectivity index (χ4v) is 2.70. The number of carbonyl (C=O) groups excluding carboxylic acids is 1. The third kappa shape index (κ3) is 2.71. The molecule has 98 valence electrons. The minimum Gasteiger partial charge on any atom is -0.492 e. The summed E-state index contributed by atoms with van der Waals surface area (Å²) in [7, 11) is 0. The van der Waals surface area contributed by atoms with Gasteiger partial charge in [0.05, 0.1) is 12.8 Å². The van der Waals surface area contributed by atoms with E-state index >= 15 is 0 Å². The first kappa shape index (κ1) is 13.1. The van der Waals surface area contributed by atoms with E-state index in [2.05, 4.69) is 11.9 Å². The van der Waals surface area contributed by atoms with Crippen LogP contribution in [0.5, 0.6) is 5.75 Å². The molecule has 2 rings (SSSR count). The van der Waals surface area contributed by atoms with E-state index in [1.165, 1.54) is 6.42 Å². The maximum atomic E-state index is 12.6. The second-order valence-electron chi connectivity index (χ2n) is 5.29. The smallest absolute Gasteiger partial charge is 0.170 e. The van der Waals surface area contributed by atoms with E-state index in [1.807, 2.05) is 13.0 Å². The van der Waals surface area contributed by atoms with Crippen LogP contribution >= 0.6 is 0 Å². The van der Waals surface area contributed by atoms with Crippen LogP contribution in [0.15, 0.2) is 18.5 Å². The summed E-state index contributed by atoms with van der Waals surface area (Å²) >= 11 is 0. The van der Waals surface area contributed by atoms with E-state index in [9.17, 15) is 4.79 Å². The molecule has 0 radical (unpaired) electrons. The molecule has 3 heteroatoms. The molecule has 0 atom stereocenters. The van der Waals surface area contributed by atoms with Crippen molar-refractivity contribution in [3.8, 4) is 5.75 Å². The van der Waals surface area contributed by atoms with Crippen LogP contribution in [0.1, 0.15) is 56.3 Å². The quantitative estimate of drug-likeness (QED) is 0.763. The second kappa shape index (κ2) is 5.51. The number of aromatic nitrogens is 1. The van der Waals surface area contributed by atoms with Crippen LogP contribution in [0, 0.1) is 5.41 Å². The third-order valence-electron chi connectivity index (χ3n) is 3.79. The number of carbonyl (C=O) groups is 1. The molecule has 0 aliphatic heterocycles. The average Bonchev–Trinajstić information content (AvgIpc) is 2.39. The maximum Gasteiger partial charge on any atom is 0.170 e. The highest BCUT2D eigenvalue weighted by Gasteiger charge is 2.35. The Morgan fingerprint density at radius 1 is 1.33 bits per heavy atom. The molecule has 0 bridgehead atoms. The van der Waals surface area contributed by atoms with Crippen molar-refractivity contribution in [2.75, 3.05) is 6.61 Å². The van der Waals surface area contributed by atoms with Crippen molar-refractivity contribution in [2.45, 2.75) is 46.0 Å². The van der Waals surface area contributed by atoms with E-state index in [0.717, 1.165) is 25.7 Å². The van der Waals surface area contributed by atoms with Crippen molar-refractivity contribution < 1.29 is 9.53 Å². The third-order valence-corrected chi connectivity index (χ3v) is 3.79. The Labute approximate surface area is 109 Å². The van der Waals surface area contributed by atoms with E-state index in [0.29, 0.717) is 17.9 Å². The van der Waals surface area contributed by atoms with Gasteiger partial charge in [-0.05, 0) is 25.8 Å². The van der Waals surface area contributed by atoms with Crippen LogP contribution in [0.4, 0.5) is 0 Å². The molecule has 1 aromatic heterocycles. The molecule has 1 aromatic rings. The summed E-state index contributed by atoms with van der Waals surface area (Å²) in [4.78, 5) is 16.7.